The van der Waals surface area contributed by atoms with Crippen LogP contribution in [0.4, 0.5) is 0 Å². The van der Waals surface area contributed by atoms with Gasteiger partial charge in [-0.2, -0.15) is 0 Å². The first-order valence-corrected chi connectivity index (χ1v) is 43.6. The van der Waals surface area contributed by atoms with Crippen molar-refractivity contribution in [3.05, 3.63) is 24.3 Å². The van der Waals surface area contributed by atoms with Crippen LogP contribution in [0.1, 0.15) is 233 Å². The zero-order chi connectivity index (χ0) is 86.2. The third-order valence-corrected chi connectivity index (χ3v) is 22.9. The van der Waals surface area contributed by atoms with Gasteiger partial charge in [-0.1, -0.05) is 192 Å². The number of ether oxygens (including phenoxy) is 12. The maximum absolute atomic E-state index is 13.6. The Labute approximate surface area is 694 Å². The summed E-state index contributed by atoms with van der Waals surface area (Å²) < 4.78 is 71.0. The molecule has 0 bridgehead atoms. The molecule has 6 aliphatic heterocycles. The summed E-state index contributed by atoms with van der Waals surface area (Å²) in [5, 5.41) is 208. The quantitative estimate of drug-likeness (QED) is 0.0274. The molecule has 0 spiro atoms. The molecular formula is C82H147N3O33. The predicted molar refractivity (Wildman–Crippen MR) is 421 cm³/mol. The highest BCUT2D eigenvalue weighted by molar-refractivity contribution is 5.76. The minimum atomic E-state index is -2.27. The number of carbonyl (C=O) groups is 3. The van der Waals surface area contributed by atoms with Gasteiger partial charge in [-0.15, -0.1) is 0 Å². The fourth-order valence-corrected chi connectivity index (χ4v) is 15.9. The lowest BCUT2D eigenvalue weighted by Gasteiger charge is -2.51. The lowest BCUT2D eigenvalue weighted by molar-refractivity contribution is -0.385. The number of hydrogen-bond acceptors (Lipinski definition) is 33. The Morgan fingerprint density at radius 1 is 0.331 bits per heavy atom. The molecule has 6 aliphatic rings. The van der Waals surface area contributed by atoms with Crippen molar-refractivity contribution in [3.63, 3.8) is 0 Å². The number of nitrogens with one attached hydrogen (secondary N) is 3. The van der Waals surface area contributed by atoms with E-state index in [9.17, 15) is 106 Å². The fraction of sp³-hybridized carbons (Fsp3) is 0.915. The molecule has 21 N–H and O–H groups in total. The van der Waals surface area contributed by atoms with Crippen LogP contribution in [0.2, 0.25) is 0 Å². The minimum absolute atomic E-state index is 0.176. The molecule has 0 aliphatic carbocycles. The number of rotatable bonds is 57. The predicted octanol–water partition coefficient (Wildman–Crippen LogP) is -0.307. The summed E-state index contributed by atoms with van der Waals surface area (Å²) in [6.07, 6.45) is -11.0. The van der Waals surface area contributed by atoms with Crippen LogP contribution < -0.4 is 16.0 Å². The van der Waals surface area contributed by atoms with Crippen LogP contribution in [0.3, 0.4) is 0 Å². The van der Waals surface area contributed by atoms with E-state index < -0.39 is 254 Å². The normalized spacial score (nSPS) is 36.0. The van der Waals surface area contributed by atoms with Crippen LogP contribution in [0, 0.1) is 0 Å². The summed E-state index contributed by atoms with van der Waals surface area (Å²) in [6, 6.07) is -4.65. The van der Waals surface area contributed by atoms with Gasteiger partial charge in [0.25, 0.3) is 0 Å². The van der Waals surface area contributed by atoms with E-state index >= 15 is 0 Å². The van der Waals surface area contributed by atoms with Gasteiger partial charge in [-0.3, -0.25) is 14.4 Å². The van der Waals surface area contributed by atoms with E-state index in [0.717, 1.165) is 71.6 Å². The standard InChI is InChI=1S/C82H147N3O33/c1-5-7-9-11-13-15-17-19-20-21-22-23-24-25-26-28-30-32-34-36-38-40-58(95)85-50(51(94)39-37-35-33-31-29-27-18-16-14-12-10-8-6-2)47-107-79-69(104)66(101)74(56(45-90)112-79)116-81-70(105)67(102)73(57(46-91)113-81)114-78-60(84-49(4)93)75(62(97)53(42-87)108-78)117-82-71(106)76(63(98)54(43-88)110-82)118-77-59(83-48(3)92)64(99)72(55(44-89)111-77)115-80-68(103)65(100)61(96)52(41-86)109-80/h19-20,37,39,50-57,59-82,86-91,94,96-106H,5-18,21-36,38,40-47H2,1-4H3,(H,83,92)(H,84,93)(H,85,95)/b20-19-,39-37+/t50-,51+,52?,53?,54?,55?,56?,57?,59?,60?,61-,62-,63-,64+,65-,66+,67+,68?,69?,70?,71?,72-,73-,74+,75+,76-,77-,78-,79+,80-,81-,82-/m0/s1. The second-order valence-corrected chi connectivity index (χ2v) is 32.4. The van der Waals surface area contributed by atoms with Crippen molar-refractivity contribution in [1.82, 2.24) is 16.0 Å². The Kier molecular flexibility index (Phi) is 49.6. The molecule has 0 aromatic carbocycles. The van der Waals surface area contributed by atoms with Crippen LogP contribution in [-0.2, 0) is 71.2 Å². The average molecular weight is 1700 g/mol. The molecule has 6 heterocycles. The smallest absolute Gasteiger partial charge is 0.220 e. The summed E-state index contributed by atoms with van der Waals surface area (Å²) in [7, 11) is 0. The van der Waals surface area contributed by atoms with Crippen molar-refractivity contribution in [2.45, 2.75) is 429 Å². The highest BCUT2D eigenvalue weighted by Gasteiger charge is 2.59. The fourth-order valence-electron chi connectivity index (χ4n) is 15.9. The molecule has 6 fully saturated rings. The van der Waals surface area contributed by atoms with E-state index in [1.807, 2.05) is 6.08 Å². The van der Waals surface area contributed by atoms with E-state index in [-0.39, 0.29) is 12.3 Å². The Hall–Kier alpha value is -3.31. The van der Waals surface area contributed by atoms with Crippen LogP contribution in [0.25, 0.3) is 0 Å². The summed E-state index contributed by atoms with van der Waals surface area (Å²) in [5.74, 6) is -2.05. The molecule has 0 aromatic rings. The molecule has 0 radical (unpaired) electrons. The zero-order valence-electron chi connectivity index (χ0n) is 69.5. The van der Waals surface area contributed by atoms with E-state index in [2.05, 4.69) is 41.9 Å². The van der Waals surface area contributed by atoms with Gasteiger partial charge >= 0.3 is 0 Å². The van der Waals surface area contributed by atoms with Gasteiger partial charge in [0.2, 0.25) is 17.7 Å². The van der Waals surface area contributed by atoms with Crippen molar-refractivity contribution in [2.24, 2.45) is 0 Å². The van der Waals surface area contributed by atoms with E-state index in [0.29, 0.717) is 12.8 Å². The number of aliphatic hydroxyl groups is 18. The van der Waals surface area contributed by atoms with Crippen molar-refractivity contribution in [3.8, 4) is 0 Å². The number of allylic oxidation sites excluding steroid dienone is 3. The average Bonchev–Trinajstić information content (AvgIpc) is 0.762. The van der Waals surface area contributed by atoms with Gasteiger partial charge in [0.05, 0.1) is 58.4 Å². The molecule has 3 amide bonds. The van der Waals surface area contributed by atoms with Crippen molar-refractivity contribution in [1.29, 1.82) is 0 Å². The Balaban J connectivity index is 1.06. The molecule has 6 rings (SSSR count). The number of hydrogen-bond donors (Lipinski definition) is 21. The first-order valence-electron chi connectivity index (χ1n) is 43.6. The first-order chi connectivity index (χ1) is 56.8. The molecule has 0 saturated carbocycles. The number of amides is 3. The van der Waals surface area contributed by atoms with Crippen molar-refractivity contribution < 1.29 is 163 Å². The van der Waals surface area contributed by atoms with Gasteiger partial charge in [0, 0.05) is 20.3 Å². The molecule has 0 aromatic heterocycles. The number of carbonyl (C=O) groups excluding carboxylic acids is 3. The maximum atomic E-state index is 13.6. The molecule has 36 nitrogen and oxygen atoms in total. The topological polar surface area (TPSA) is 562 Å². The van der Waals surface area contributed by atoms with Crippen LogP contribution in [0.5, 0.6) is 0 Å². The molecule has 6 saturated heterocycles. The second-order valence-electron chi connectivity index (χ2n) is 32.4. The van der Waals surface area contributed by atoms with Gasteiger partial charge in [0.1, 0.15) is 146 Å². The molecule has 118 heavy (non-hydrogen) atoms. The lowest BCUT2D eigenvalue weighted by Crippen LogP contribution is -2.71. The Morgan fingerprint density at radius 2 is 0.653 bits per heavy atom. The van der Waals surface area contributed by atoms with E-state index in [1.165, 1.54) is 128 Å². The van der Waals surface area contributed by atoms with Gasteiger partial charge in [0.15, 0.2) is 37.7 Å². The molecule has 32 atom stereocenters. The van der Waals surface area contributed by atoms with Gasteiger partial charge < -0.3 is 165 Å². The SMILES string of the molecule is CCCCCCCC/C=C\CCCCCCCCCCCCCC(=O)N[C@@H](CO[C@@H]1OC(CO)[C@@H](O[C@@H]2OC(CO)[C@H](O[C@@H]3OC(CO)[C@H](O)[C@H](O[C@@H]4OC(CO)[C@H](O)[C@H](O[C@@H]5OC(CO)[C@H](O[C@@H]6OC(CO)[C@H](O)[C@H](O)C6O)[C@H](O)C5NC(C)=O)C4O)C3NC(C)=O)[C@H](O)C2O)[C@H](O)C1O)[C@H](O)/C=C/CCCCCCCCCCCCC. The van der Waals surface area contributed by atoms with Gasteiger partial charge in [-0.05, 0) is 44.9 Å². The largest absolute Gasteiger partial charge is 0.394 e. The number of aliphatic hydroxyl groups excluding tert-OH is 18. The first kappa shape index (κ1) is 103. The Morgan fingerprint density at radius 3 is 1.11 bits per heavy atom. The molecule has 12 unspecified atom stereocenters. The molecule has 688 valence electrons. The summed E-state index contributed by atoms with van der Waals surface area (Å²) >= 11 is 0. The zero-order valence-corrected chi connectivity index (χ0v) is 69.5. The van der Waals surface area contributed by atoms with Crippen LogP contribution >= 0.6 is 0 Å². The van der Waals surface area contributed by atoms with Crippen LogP contribution in [-0.4, -0.2) is 352 Å². The number of unbranched alkanes of at least 4 members (excludes halogenated alkanes) is 28. The summed E-state index contributed by atoms with van der Waals surface area (Å²) in [5.41, 5.74) is 0. The Bertz CT molecular complexity index is 2750. The van der Waals surface area contributed by atoms with E-state index in [1.54, 1.807) is 6.08 Å². The maximum Gasteiger partial charge on any atom is 0.220 e. The molecular weight excluding hydrogens is 1550 g/mol. The second kappa shape index (κ2) is 56.6. The lowest BCUT2D eigenvalue weighted by atomic mass is 9.93. The monoisotopic (exact) mass is 1700 g/mol. The third kappa shape index (κ3) is 32.6. The van der Waals surface area contributed by atoms with Gasteiger partial charge in [-0.25, -0.2) is 0 Å². The third-order valence-electron chi connectivity index (χ3n) is 22.9. The van der Waals surface area contributed by atoms with Crippen molar-refractivity contribution >= 4 is 17.7 Å². The highest BCUT2D eigenvalue weighted by atomic mass is 16.8. The molecule has 36 heteroatoms. The van der Waals surface area contributed by atoms with Crippen molar-refractivity contribution in [2.75, 3.05) is 46.2 Å². The summed E-state index contributed by atoms with van der Waals surface area (Å²) in [6.45, 7) is 0.0836. The minimum Gasteiger partial charge on any atom is -0.394 e. The van der Waals surface area contributed by atoms with Crippen LogP contribution in [0.15, 0.2) is 24.3 Å². The van der Waals surface area contributed by atoms with E-state index in [4.69, 9.17) is 56.8 Å². The summed E-state index contributed by atoms with van der Waals surface area (Å²) in [4.78, 5) is 39.3. The highest BCUT2D eigenvalue weighted by Crippen LogP contribution is 2.38.